The van der Waals surface area contributed by atoms with Crippen LogP contribution >= 0.6 is 19.2 Å². The van der Waals surface area contributed by atoms with Crippen LogP contribution in [0.4, 0.5) is 11.5 Å². The molecule has 1 saturated carbocycles. The fraction of sp³-hybridized carbons (Fsp3) is 0.522. The summed E-state index contributed by atoms with van der Waals surface area (Å²) >= 11 is 6.20. The molecule has 194 valence electrons. The van der Waals surface area contributed by atoms with Crippen LogP contribution in [0.15, 0.2) is 30.6 Å². The maximum atomic E-state index is 11.2. The molecule has 2 aromatic heterocycles. The first-order valence-corrected chi connectivity index (χ1v) is 14.2. The lowest BCUT2D eigenvalue weighted by Gasteiger charge is -2.22. The highest BCUT2D eigenvalue weighted by Gasteiger charge is 2.44. The van der Waals surface area contributed by atoms with Crippen molar-refractivity contribution in [3.05, 3.63) is 41.4 Å². The van der Waals surface area contributed by atoms with Crippen molar-refractivity contribution >= 4 is 41.9 Å². The fourth-order valence-electron chi connectivity index (χ4n) is 5.07. The standard InChI is InChI=1S/C23H29ClN5O6P/c24-23-27-20(26-15-8-6-14(7-9-15)13-4-2-1-3-5-13)17-21(28-23)29(12-25-17)22-19(31)18(30)16(35-22)10-11-36(32,33)34/h6-9,12-13,16,18-19,22,30-31H,1-5,10-11H2,(H,26,27,28)(H2,32,33,34)/t16-,18?,19?,22-/m1/s1. The van der Waals surface area contributed by atoms with Crippen LogP contribution in [0.3, 0.4) is 0 Å². The van der Waals surface area contributed by atoms with Gasteiger partial charge in [0.05, 0.1) is 18.6 Å². The van der Waals surface area contributed by atoms with Crippen molar-refractivity contribution in [2.75, 3.05) is 11.5 Å². The molecule has 1 aliphatic carbocycles. The highest BCUT2D eigenvalue weighted by molar-refractivity contribution is 7.51. The monoisotopic (exact) mass is 537 g/mol. The molecule has 1 aromatic carbocycles. The number of ether oxygens (including phenoxy) is 1. The van der Waals surface area contributed by atoms with Crippen LogP contribution in [-0.4, -0.2) is 64.0 Å². The Hall–Kier alpha value is -2.11. The highest BCUT2D eigenvalue weighted by atomic mass is 35.5. The maximum Gasteiger partial charge on any atom is 0.325 e. The number of hydrogen-bond acceptors (Lipinski definition) is 8. The molecular formula is C23H29ClN5O6P. The van der Waals surface area contributed by atoms with E-state index in [0.717, 1.165) is 5.69 Å². The number of aromatic nitrogens is 4. The zero-order valence-electron chi connectivity index (χ0n) is 19.4. The number of fused-ring (bicyclic) bond motifs is 1. The molecule has 11 nitrogen and oxygen atoms in total. The first kappa shape index (κ1) is 25.5. The van der Waals surface area contributed by atoms with Crippen molar-refractivity contribution in [3.63, 3.8) is 0 Å². The highest BCUT2D eigenvalue weighted by Crippen LogP contribution is 2.40. The minimum Gasteiger partial charge on any atom is -0.388 e. The Balaban J connectivity index is 1.37. The SMILES string of the molecule is O=P(O)(O)CC[C@H]1O[C@@H](n2cnc3c(Nc4ccc(C5CCCCC5)cc4)nc(Cl)nc32)C(O)C1O. The van der Waals surface area contributed by atoms with Crippen molar-refractivity contribution in [2.45, 2.75) is 69.0 Å². The Labute approximate surface area is 212 Å². The van der Waals surface area contributed by atoms with Crippen LogP contribution < -0.4 is 5.32 Å². The van der Waals surface area contributed by atoms with Gasteiger partial charge in [0.1, 0.15) is 12.2 Å². The molecule has 0 radical (unpaired) electrons. The Morgan fingerprint density at radius 1 is 1.08 bits per heavy atom. The van der Waals surface area contributed by atoms with Crippen LogP contribution in [0.1, 0.15) is 56.2 Å². The lowest BCUT2D eigenvalue weighted by atomic mass is 9.84. The summed E-state index contributed by atoms with van der Waals surface area (Å²) in [6.45, 7) is 0. The zero-order valence-corrected chi connectivity index (χ0v) is 21.1. The number of halogens is 1. The minimum absolute atomic E-state index is 0.0448. The summed E-state index contributed by atoms with van der Waals surface area (Å²) in [5.74, 6) is 0.975. The zero-order chi connectivity index (χ0) is 25.4. The number of aliphatic hydroxyl groups is 2. The number of nitrogens with zero attached hydrogens (tertiary/aromatic N) is 4. The van der Waals surface area contributed by atoms with Crippen molar-refractivity contribution < 1.29 is 29.3 Å². The number of hydrogen-bond donors (Lipinski definition) is 5. The topological polar surface area (TPSA) is 163 Å². The van der Waals surface area contributed by atoms with Crippen LogP contribution in [0.25, 0.3) is 11.2 Å². The third-order valence-electron chi connectivity index (χ3n) is 6.96. The predicted octanol–water partition coefficient (Wildman–Crippen LogP) is 3.46. The molecule has 5 N–H and O–H groups in total. The molecule has 0 bridgehead atoms. The van der Waals surface area contributed by atoms with E-state index in [1.807, 2.05) is 12.1 Å². The second-order valence-corrected chi connectivity index (χ2v) is 11.6. The fourth-order valence-corrected chi connectivity index (χ4v) is 5.82. The molecule has 13 heteroatoms. The smallest absolute Gasteiger partial charge is 0.325 e. The molecule has 0 spiro atoms. The van der Waals surface area contributed by atoms with Gasteiger partial charge in [-0.1, -0.05) is 31.4 Å². The Kier molecular flexibility index (Phi) is 7.33. The number of nitrogens with one attached hydrogen (secondary N) is 1. The Bertz CT molecular complexity index is 1260. The lowest BCUT2D eigenvalue weighted by Crippen LogP contribution is -2.31. The largest absolute Gasteiger partial charge is 0.388 e. The van der Waals surface area contributed by atoms with E-state index in [4.69, 9.17) is 26.1 Å². The minimum atomic E-state index is -4.28. The number of anilines is 2. The van der Waals surface area contributed by atoms with E-state index in [-0.39, 0.29) is 17.4 Å². The first-order chi connectivity index (χ1) is 17.2. The van der Waals surface area contributed by atoms with E-state index in [0.29, 0.717) is 17.3 Å². The molecular weight excluding hydrogens is 509 g/mol. The van der Waals surface area contributed by atoms with E-state index in [9.17, 15) is 14.8 Å². The van der Waals surface area contributed by atoms with Gasteiger partial charge >= 0.3 is 7.60 Å². The molecule has 2 unspecified atom stereocenters. The van der Waals surface area contributed by atoms with Crippen LogP contribution in [-0.2, 0) is 9.30 Å². The van der Waals surface area contributed by atoms with Gasteiger partial charge in [0.2, 0.25) is 5.28 Å². The summed E-state index contributed by atoms with van der Waals surface area (Å²) < 4.78 is 18.4. The Morgan fingerprint density at radius 2 is 1.81 bits per heavy atom. The van der Waals surface area contributed by atoms with Crippen molar-refractivity contribution in [1.82, 2.24) is 19.5 Å². The van der Waals surface area contributed by atoms with Crippen LogP contribution in [0.5, 0.6) is 0 Å². The van der Waals surface area contributed by atoms with E-state index in [1.165, 1.54) is 48.6 Å². The van der Waals surface area contributed by atoms with Gasteiger partial charge in [-0.25, -0.2) is 4.98 Å². The molecule has 3 aromatic rings. The average Bonchev–Trinajstić information content (AvgIpc) is 3.39. The van der Waals surface area contributed by atoms with Crippen molar-refractivity contribution in [1.29, 1.82) is 0 Å². The molecule has 2 fully saturated rings. The number of benzene rings is 1. The van der Waals surface area contributed by atoms with Gasteiger partial charge in [-0.3, -0.25) is 9.13 Å². The molecule has 2 aliphatic rings. The third-order valence-corrected chi connectivity index (χ3v) is 7.97. The molecule has 1 aliphatic heterocycles. The second kappa shape index (κ2) is 10.3. The Morgan fingerprint density at radius 3 is 2.50 bits per heavy atom. The van der Waals surface area contributed by atoms with Gasteiger partial charge in [-0.05, 0) is 54.5 Å². The summed E-state index contributed by atoms with van der Waals surface area (Å²) in [7, 11) is -4.28. The predicted molar refractivity (Wildman–Crippen MR) is 133 cm³/mol. The quantitative estimate of drug-likeness (QED) is 0.223. The number of imidazole rings is 1. The van der Waals surface area contributed by atoms with Gasteiger partial charge in [-0.15, -0.1) is 0 Å². The van der Waals surface area contributed by atoms with Crippen molar-refractivity contribution in [2.24, 2.45) is 0 Å². The summed E-state index contributed by atoms with van der Waals surface area (Å²) in [4.78, 5) is 31.2. The maximum absolute atomic E-state index is 11.2. The lowest BCUT2D eigenvalue weighted by molar-refractivity contribution is -0.0355. The van der Waals surface area contributed by atoms with Crippen LogP contribution in [0.2, 0.25) is 5.28 Å². The van der Waals surface area contributed by atoms with Gasteiger partial charge < -0.3 is 30.1 Å². The van der Waals surface area contributed by atoms with E-state index in [1.54, 1.807) is 0 Å². The number of rotatable bonds is 7. The summed E-state index contributed by atoms with van der Waals surface area (Å²) in [6.07, 6.45) is 2.36. The van der Waals surface area contributed by atoms with E-state index >= 15 is 0 Å². The second-order valence-electron chi connectivity index (χ2n) is 9.47. The van der Waals surface area contributed by atoms with Crippen molar-refractivity contribution in [3.8, 4) is 0 Å². The third kappa shape index (κ3) is 5.43. The van der Waals surface area contributed by atoms with E-state index < -0.39 is 38.3 Å². The van der Waals surface area contributed by atoms with Gasteiger partial charge in [0, 0.05) is 5.69 Å². The van der Waals surface area contributed by atoms with Gasteiger partial charge in [-0.2, -0.15) is 9.97 Å². The summed E-state index contributed by atoms with van der Waals surface area (Å²) in [5.41, 5.74) is 2.81. The van der Waals surface area contributed by atoms with Gasteiger partial charge in [0.15, 0.2) is 23.2 Å². The van der Waals surface area contributed by atoms with Gasteiger partial charge in [0.25, 0.3) is 0 Å². The first-order valence-electron chi connectivity index (χ1n) is 12.0. The normalized spacial score (nSPS) is 25.5. The molecule has 5 rings (SSSR count). The van der Waals surface area contributed by atoms with E-state index in [2.05, 4.69) is 32.4 Å². The molecule has 0 amide bonds. The molecule has 36 heavy (non-hydrogen) atoms. The summed E-state index contributed by atoms with van der Waals surface area (Å²) in [6, 6.07) is 8.24. The molecule has 3 heterocycles. The molecule has 1 saturated heterocycles. The summed E-state index contributed by atoms with van der Waals surface area (Å²) in [5, 5.41) is 24.2. The number of aliphatic hydroxyl groups excluding tert-OH is 2. The van der Waals surface area contributed by atoms with Crippen LogP contribution in [0, 0.1) is 0 Å². The molecule has 4 atom stereocenters. The average molecular weight is 538 g/mol.